The number of carboxylic acids is 1. The van der Waals surface area contributed by atoms with Gasteiger partial charge in [-0.05, 0) is 42.8 Å². The van der Waals surface area contributed by atoms with Gasteiger partial charge in [-0.25, -0.2) is 9.69 Å². The number of amides is 3. The highest BCUT2D eigenvalue weighted by Crippen LogP contribution is 2.29. The number of carboxylic acid groups (broad SMARTS) is 1. The molecule has 1 aliphatic rings. The number of carbonyl (C=O) groups excluding carboxylic acids is 3. The van der Waals surface area contributed by atoms with Gasteiger partial charge in [-0.1, -0.05) is 35.9 Å². The van der Waals surface area contributed by atoms with Crippen LogP contribution in [0.4, 0.5) is 10.5 Å². The average Bonchev–Trinajstić information content (AvgIpc) is 3.26. The standard InChI is InChI=1S/C22H15ClN2O5/c1-12-16(6-3-7-17(12)21(27)28)19-9-8-15(30-19)11-18-20(26)25(22(29)24-18)14-5-2-4-13(23)10-14/h2-10H,11H2,1H3,(H,27,28)/p-1. The first-order chi connectivity index (χ1) is 14.3. The van der Waals surface area contributed by atoms with E-state index in [0.717, 1.165) is 4.90 Å². The zero-order valence-corrected chi connectivity index (χ0v) is 16.5. The van der Waals surface area contributed by atoms with E-state index in [4.69, 9.17) is 16.0 Å². The normalized spacial score (nSPS) is 13.7. The van der Waals surface area contributed by atoms with E-state index in [1.54, 1.807) is 49.4 Å². The van der Waals surface area contributed by atoms with Crippen molar-refractivity contribution >= 4 is 40.9 Å². The van der Waals surface area contributed by atoms with Crippen molar-refractivity contribution in [2.45, 2.75) is 13.3 Å². The molecule has 8 heteroatoms. The van der Waals surface area contributed by atoms with Crippen molar-refractivity contribution in [3.05, 3.63) is 76.5 Å². The number of halogens is 1. The van der Waals surface area contributed by atoms with E-state index in [-0.39, 0.29) is 17.7 Å². The van der Waals surface area contributed by atoms with E-state index in [1.807, 2.05) is 0 Å². The Morgan fingerprint density at radius 3 is 2.63 bits per heavy atom. The summed E-state index contributed by atoms with van der Waals surface area (Å²) < 4.78 is 5.79. The van der Waals surface area contributed by atoms with Gasteiger partial charge in [-0.3, -0.25) is 4.79 Å². The lowest BCUT2D eigenvalue weighted by Gasteiger charge is -2.13. The molecule has 0 spiro atoms. The zero-order valence-electron chi connectivity index (χ0n) is 15.7. The minimum Gasteiger partial charge on any atom is -0.545 e. The number of urea groups is 1. The molecular formula is C22H14ClN2O5-. The minimum atomic E-state index is -1.27. The third-order valence-electron chi connectivity index (χ3n) is 4.76. The summed E-state index contributed by atoms with van der Waals surface area (Å²) in [7, 11) is 0. The largest absolute Gasteiger partial charge is 0.545 e. The van der Waals surface area contributed by atoms with Gasteiger partial charge in [0.15, 0.2) is 0 Å². The third-order valence-corrected chi connectivity index (χ3v) is 5.00. The monoisotopic (exact) mass is 421 g/mol. The highest BCUT2D eigenvalue weighted by atomic mass is 35.5. The lowest BCUT2D eigenvalue weighted by Crippen LogP contribution is -2.33. The quantitative estimate of drug-likeness (QED) is 0.628. The molecule has 0 saturated heterocycles. The lowest BCUT2D eigenvalue weighted by molar-refractivity contribution is -0.255. The van der Waals surface area contributed by atoms with Gasteiger partial charge in [-0.15, -0.1) is 0 Å². The third kappa shape index (κ3) is 3.51. The number of anilines is 1. The van der Waals surface area contributed by atoms with Gasteiger partial charge in [-0.2, -0.15) is 4.99 Å². The van der Waals surface area contributed by atoms with Crippen LogP contribution in [0.2, 0.25) is 5.02 Å². The first-order valence-corrected chi connectivity index (χ1v) is 9.34. The molecule has 0 N–H and O–H groups in total. The Bertz CT molecular complexity index is 1230. The summed E-state index contributed by atoms with van der Waals surface area (Å²) in [6.45, 7) is 1.66. The smallest absolute Gasteiger partial charge is 0.355 e. The van der Waals surface area contributed by atoms with Crippen molar-refractivity contribution < 1.29 is 23.9 Å². The number of aromatic carboxylic acids is 1. The number of hydrogen-bond acceptors (Lipinski definition) is 5. The van der Waals surface area contributed by atoms with Crippen LogP contribution in [0.5, 0.6) is 0 Å². The number of carbonyl (C=O) groups is 3. The van der Waals surface area contributed by atoms with E-state index in [1.165, 1.54) is 12.1 Å². The number of benzene rings is 2. The molecule has 0 fully saturated rings. The summed E-state index contributed by atoms with van der Waals surface area (Å²) in [6.07, 6.45) is 0.0147. The molecule has 150 valence electrons. The first kappa shape index (κ1) is 19.6. The number of hydrogen-bond donors (Lipinski definition) is 0. The topological polar surface area (TPSA) is 103 Å². The summed E-state index contributed by atoms with van der Waals surface area (Å²) in [6, 6.07) is 13.8. The fourth-order valence-electron chi connectivity index (χ4n) is 3.29. The molecule has 0 bridgehead atoms. The first-order valence-electron chi connectivity index (χ1n) is 8.96. The van der Waals surface area contributed by atoms with Gasteiger partial charge in [0.2, 0.25) is 0 Å². The maximum atomic E-state index is 12.7. The average molecular weight is 422 g/mol. The van der Waals surface area contributed by atoms with Crippen LogP contribution in [0.3, 0.4) is 0 Å². The van der Waals surface area contributed by atoms with E-state index < -0.39 is 17.9 Å². The molecule has 3 amide bonds. The zero-order chi connectivity index (χ0) is 21.4. The van der Waals surface area contributed by atoms with Crippen LogP contribution in [0.1, 0.15) is 21.7 Å². The predicted molar refractivity (Wildman–Crippen MR) is 109 cm³/mol. The molecule has 7 nitrogen and oxygen atoms in total. The van der Waals surface area contributed by atoms with Gasteiger partial charge in [0.1, 0.15) is 17.2 Å². The van der Waals surface area contributed by atoms with Crippen molar-refractivity contribution in [3.63, 3.8) is 0 Å². The highest BCUT2D eigenvalue weighted by Gasteiger charge is 2.34. The maximum Gasteiger partial charge on any atom is 0.355 e. The van der Waals surface area contributed by atoms with E-state index in [9.17, 15) is 19.5 Å². The van der Waals surface area contributed by atoms with Crippen LogP contribution in [-0.2, 0) is 11.2 Å². The fourth-order valence-corrected chi connectivity index (χ4v) is 3.48. The second-order valence-corrected chi connectivity index (χ2v) is 7.11. The van der Waals surface area contributed by atoms with Crippen LogP contribution < -0.4 is 10.0 Å². The van der Waals surface area contributed by atoms with Crippen molar-refractivity contribution in [1.29, 1.82) is 0 Å². The van der Waals surface area contributed by atoms with Crippen molar-refractivity contribution in [2.75, 3.05) is 4.90 Å². The van der Waals surface area contributed by atoms with Crippen LogP contribution in [0, 0.1) is 6.92 Å². The van der Waals surface area contributed by atoms with Crippen molar-refractivity contribution in [3.8, 4) is 11.3 Å². The Morgan fingerprint density at radius 2 is 1.90 bits per heavy atom. The summed E-state index contributed by atoms with van der Waals surface area (Å²) in [4.78, 5) is 41.0. The number of aliphatic imine (C=N–C) groups is 1. The van der Waals surface area contributed by atoms with Gasteiger partial charge in [0, 0.05) is 16.1 Å². The van der Waals surface area contributed by atoms with Crippen molar-refractivity contribution in [2.24, 2.45) is 4.99 Å². The second-order valence-electron chi connectivity index (χ2n) is 6.67. The minimum absolute atomic E-state index is 0.0147. The summed E-state index contributed by atoms with van der Waals surface area (Å²) in [5.74, 6) is -0.965. The highest BCUT2D eigenvalue weighted by molar-refractivity contribution is 6.54. The van der Waals surface area contributed by atoms with Crippen LogP contribution in [-0.4, -0.2) is 23.6 Å². The molecule has 1 aromatic heterocycles. The summed E-state index contributed by atoms with van der Waals surface area (Å²) >= 11 is 5.95. The molecule has 30 heavy (non-hydrogen) atoms. The molecule has 0 radical (unpaired) electrons. The summed E-state index contributed by atoms with van der Waals surface area (Å²) in [5, 5.41) is 11.6. The number of rotatable bonds is 5. The number of nitrogens with zero attached hydrogens (tertiary/aromatic N) is 2. The van der Waals surface area contributed by atoms with E-state index in [2.05, 4.69) is 4.99 Å². The summed E-state index contributed by atoms with van der Waals surface area (Å²) in [5.41, 5.74) is 1.56. The maximum absolute atomic E-state index is 12.7. The molecular weight excluding hydrogens is 408 g/mol. The molecule has 0 unspecified atom stereocenters. The molecule has 0 atom stereocenters. The van der Waals surface area contributed by atoms with Crippen LogP contribution in [0.15, 0.2) is 64.0 Å². The van der Waals surface area contributed by atoms with E-state index in [0.29, 0.717) is 33.4 Å². The van der Waals surface area contributed by atoms with E-state index >= 15 is 0 Å². The fraction of sp³-hybridized carbons (Fsp3) is 0.0909. The van der Waals surface area contributed by atoms with Crippen molar-refractivity contribution in [1.82, 2.24) is 0 Å². The molecule has 2 heterocycles. The Morgan fingerprint density at radius 1 is 1.13 bits per heavy atom. The second kappa shape index (κ2) is 7.61. The van der Waals surface area contributed by atoms with Gasteiger partial charge in [0.05, 0.1) is 18.1 Å². The SMILES string of the molecule is Cc1c(C(=O)[O-])cccc1-c1ccc(CC2=NC(=O)N(c3cccc(Cl)c3)C2=O)o1. The van der Waals surface area contributed by atoms with Gasteiger partial charge < -0.3 is 14.3 Å². The van der Waals surface area contributed by atoms with Gasteiger partial charge in [0.25, 0.3) is 5.91 Å². The van der Waals surface area contributed by atoms with Gasteiger partial charge >= 0.3 is 6.03 Å². The molecule has 1 aliphatic heterocycles. The van der Waals surface area contributed by atoms with Crippen LogP contribution in [0.25, 0.3) is 11.3 Å². The lowest BCUT2D eigenvalue weighted by atomic mass is 10.0. The number of imide groups is 1. The van der Waals surface area contributed by atoms with Crippen LogP contribution >= 0.6 is 11.6 Å². The predicted octanol–water partition coefficient (Wildman–Crippen LogP) is 3.42. The number of furan rings is 1. The Hall–Kier alpha value is -3.71. The molecule has 0 saturated carbocycles. The Labute approximate surface area is 176 Å². The Balaban J connectivity index is 1.57. The molecule has 4 rings (SSSR count). The molecule has 2 aromatic carbocycles. The Kier molecular flexibility index (Phi) is 4.97. The molecule has 3 aromatic rings. The molecule has 0 aliphatic carbocycles.